The lowest BCUT2D eigenvalue weighted by Gasteiger charge is -2.47. The Morgan fingerprint density at radius 3 is 2.14 bits per heavy atom. The van der Waals surface area contributed by atoms with E-state index < -0.39 is 78.8 Å². The largest absolute Gasteiger partial charge is 0.463 e. The Hall–Kier alpha value is -5.49. The molecule has 3 aliphatic rings. The molecule has 1 aromatic rings. The second-order valence-corrected chi connectivity index (χ2v) is 18.8. The van der Waals surface area contributed by atoms with Gasteiger partial charge in [-0.3, -0.25) is 29.4 Å². The number of likely N-dealkylation sites (tertiary alicyclic amines) is 2. The minimum Gasteiger partial charge on any atom is -0.463 e. The Kier molecular flexibility index (Phi) is 19.2. The molecule has 1 aromatic carbocycles. The summed E-state index contributed by atoms with van der Waals surface area (Å²) in [6.07, 6.45) is 1.71. The molecule has 366 valence electrons. The molecule has 5 atom stereocenters. The Bertz CT molecular complexity index is 1980. The van der Waals surface area contributed by atoms with Gasteiger partial charge in [-0.15, -0.1) is 0 Å². The first-order chi connectivity index (χ1) is 31.0. The third-order valence-electron chi connectivity index (χ3n) is 11.8. The summed E-state index contributed by atoms with van der Waals surface area (Å²) in [6, 6.07) is 6.04. The number of piperidine rings is 2. The van der Waals surface area contributed by atoms with Crippen LogP contribution in [0.3, 0.4) is 0 Å². The molecule has 4 rings (SSSR count). The zero-order chi connectivity index (χ0) is 48.9. The van der Waals surface area contributed by atoms with Crippen LogP contribution in [0.25, 0.3) is 6.08 Å². The molecule has 66 heavy (non-hydrogen) atoms. The lowest BCUT2D eigenvalue weighted by molar-refractivity contribution is -0.291. The minimum absolute atomic E-state index is 0.0728. The third-order valence-corrected chi connectivity index (χ3v) is 11.8. The number of hydrogen-bond donors (Lipinski definition) is 3. The van der Waals surface area contributed by atoms with Crippen LogP contribution in [-0.2, 0) is 63.6 Å². The van der Waals surface area contributed by atoms with Crippen molar-refractivity contribution >= 4 is 47.9 Å². The van der Waals surface area contributed by atoms with E-state index in [4.69, 9.17) is 38.9 Å². The van der Waals surface area contributed by atoms with Gasteiger partial charge < -0.3 is 54.0 Å². The number of hydrogen-bond acceptors (Lipinski definition) is 16. The van der Waals surface area contributed by atoms with Gasteiger partial charge in [-0.1, -0.05) is 44.2 Å². The zero-order valence-corrected chi connectivity index (χ0v) is 40.3. The smallest absolute Gasteiger partial charge is 0.408 e. The van der Waals surface area contributed by atoms with Gasteiger partial charge in [-0.05, 0) is 94.4 Å². The van der Waals surface area contributed by atoms with Gasteiger partial charge in [0.05, 0.1) is 0 Å². The van der Waals surface area contributed by atoms with Crippen LogP contribution >= 0.6 is 0 Å². The number of esters is 4. The quantitative estimate of drug-likeness (QED) is 0.0845. The van der Waals surface area contributed by atoms with Crippen molar-refractivity contribution in [2.24, 2.45) is 17.1 Å². The highest BCUT2D eigenvalue weighted by atomic mass is 16.7. The van der Waals surface area contributed by atoms with Crippen molar-refractivity contribution in [3.05, 3.63) is 52.2 Å². The number of carbonyl (C=O) groups excluding carboxylic acids is 6. The summed E-state index contributed by atoms with van der Waals surface area (Å²) in [5.74, 6) is -3.69. The lowest BCUT2D eigenvalue weighted by Crippen LogP contribution is -2.63. The van der Waals surface area contributed by atoms with Crippen molar-refractivity contribution in [2.45, 2.75) is 144 Å². The lowest BCUT2D eigenvalue weighted by atomic mass is 9.72. The van der Waals surface area contributed by atoms with Crippen molar-refractivity contribution in [2.75, 3.05) is 45.9 Å². The van der Waals surface area contributed by atoms with Crippen molar-refractivity contribution < 1.29 is 61.9 Å². The molecule has 3 heterocycles. The predicted molar refractivity (Wildman–Crippen MR) is 244 cm³/mol. The van der Waals surface area contributed by atoms with Gasteiger partial charge in [0.2, 0.25) is 24.2 Å². The molecule has 0 saturated carbocycles. The molecule has 2 amide bonds. The van der Waals surface area contributed by atoms with Crippen molar-refractivity contribution in [3.63, 3.8) is 0 Å². The maximum absolute atomic E-state index is 12.8. The highest BCUT2D eigenvalue weighted by Crippen LogP contribution is 2.40. The molecule has 3 aliphatic heterocycles. The van der Waals surface area contributed by atoms with Gasteiger partial charge in [0.1, 0.15) is 24.9 Å². The van der Waals surface area contributed by atoms with Crippen LogP contribution in [0.5, 0.6) is 0 Å². The van der Waals surface area contributed by atoms with Crippen molar-refractivity contribution in [1.29, 1.82) is 5.41 Å². The molecule has 0 radical (unpaired) electrons. The van der Waals surface area contributed by atoms with Crippen molar-refractivity contribution in [1.82, 2.24) is 15.1 Å². The van der Waals surface area contributed by atoms with Crippen LogP contribution in [0.1, 0.15) is 111 Å². The molecule has 1 spiro atoms. The van der Waals surface area contributed by atoms with E-state index in [0.717, 1.165) is 89.2 Å². The highest BCUT2D eigenvalue weighted by molar-refractivity contribution is 5.92. The Morgan fingerprint density at radius 1 is 0.909 bits per heavy atom. The standard InChI is InChI=1S/C48H71N5O13/c1-29(2)40(49)37(44(50)65-45-43(63-34(7)57)42(62-33(6)56)41(61-32(5)55)38(64-45)27-60-31(4)54)25-36-16-15-35(24-30(36)3)14-11-12-20-52-21-13-17-48(28-52)18-22-53(23-19-48)39(58)26-51-46(59)66-47(8,9)10/h11,14-16,24,29,38,41-43,45,50H,12-13,17-23,25-28,49H2,1-10H3,(H,51,59)/b14-11+,40-37-,50-44?/t38-,41-,42+,43-,45+/m1/s1. The summed E-state index contributed by atoms with van der Waals surface area (Å²) in [6.45, 7) is 19.4. The van der Waals surface area contributed by atoms with E-state index in [9.17, 15) is 34.2 Å². The molecule has 18 heteroatoms. The van der Waals surface area contributed by atoms with Gasteiger partial charge in [-0.2, -0.15) is 0 Å². The van der Waals surface area contributed by atoms with E-state index in [-0.39, 0.29) is 30.2 Å². The van der Waals surface area contributed by atoms with E-state index in [2.05, 4.69) is 28.4 Å². The summed E-state index contributed by atoms with van der Waals surface area (Å²) < 4.78 is 39.1. The number of aryl methyl sites for hydroxylation is 1. The molecule has 0 aromatic heterocycles. The molecule has 3 fully saturated rings. The number of nitrogens with zero attached hydrogens (tertiary/aromatic N) is 2. The minimum atomic E-state index is -1.58. The normalized spacial score (nSPS) is 22.5. The highest BCUT2D eigenvalue weighted by Gasteiger charge is 2.54. The first kappa shape index (κ1) is 53.1. The Morgan fingerprint density at radius 2 is 1.55 bits per heavy atom. The summed E-state index contributed by atoms with van der Waals surface area (Å²) in [4.78, 5) is 77.9. The van der Waals surface area contributed by atoms with E-state index in [1.165, 1.54) is 6.92 Å². The van der Waals surface area contributed by atoms with Crippen molar-refractivity contribution in [3.8, 4) is 0 Å². The summed E-state index contributed by atoms with van der Waals surface area (Å²) in [5.41, 5.74) is 9.75. The average molecular weight is 926 g/mol. The first-order valence-electron chi connectivity index (χ1n) is 22.7. The molecule has 0 aliphatic carbocycles. The van der Waals surface area contributed by atoms with E-state index >= 15 is 0 Å². The third kappa shape index (κ3) is 16.1. The maximum Gasteiger partial charge on any atom is 0.408 e. The van der Waals surface area contributed by atoms with E-state index in [0.29, 0.717) is 24.4 Å². The van der Waals surface area contributed by atoms with Crippen LogP contribution in [0.4, 0.5) is 4.79 Å². The van der Waals surface area contributed by atoms with Gasteiger partial charge in [0.15, 0.2) is 12.2 Å². The van der Waals surface area contributed by atoms with Gasteiger partial charge in [0, 0.05) is 71.6 Å². The molecular formula is C48H71N5O13. The second kappa shape index (κ2) is 23.8. The monoisotopic (exact) mass is 926 g/mol. The van der Waals surface area contributed by atoms with Gasteiger partial charge in [0.25, 0.3) is 0 Å². The number of ether oxygens (including phenoxy) is 7. The Balaban J connectivity index is 1.40. The maximum atomic E-state index is 12.8. The molecular weight excluding hydrogens is 855 g/mol. The molecule has 0 bridgehead atoms. The molecule has 4 N–H and O–H groups in total. The summed E-state index contributed by atoms with van der Waals surface area (Å²) >= 11 is 0. The predicted octanol–water partition coefficient (Wildman–Crippen LogP) is 5.12. The number of allylic oxidation sites excluding steroid dienone is 1. The number of carbonyl (C=O) groups is 6. The summed E-state index contributed by atoms with van der Waals surface area (Å²) in [7, 11) is 0. The zero-order valence-electron chi connectivity index (χ0n) is 40.3. The topological polar surface area (TPSA) is 235 Å². The average Bonchev–Trinajstić information content (AvgIpc) is 3.21. The molecule has 18 nitrogen and oxygen atoms in total. The number of alkyl carbamates (subject to hydrolysis) is 1. The van der Waals surface area contributed by atoms with Crippen LogP contribution < -0.4 is 11.1 Å². The number of benzene rings is 1. The van der Waals surface area contributed by atoms with Gasteiger partial charge in [-0.25, -0.2) is 4.79 Å². The number of rotatable bonds is 16. The number of amides is 2. The summed E-state index contributed by atoms with van der Waals surface area (Å²) in [5, 5.41) is 11.8. The van der Waals surface area contributed by atoms with Crippen LogP contribution in [0.2, 0.25) is 0 Å². The fraction of sp³-hybridized carbons (Fsp3) is 0.646. The van der Waals surface area contributed by atoms with Crippen LogP contribution in [-0.4, -0.2) is 134 Å². The van der Waals surface area contributed by atoms with E-state index in [1.54, 1.807) is 20.8 Å². The number of nitrogens with one attached hydrogen (secondary N) is 2. The molecule has 0 unspecified atom stereocenters. The van der Waals surface area contributed by atoms with E-state index in [1.807, 2.05) is 37.8 Å². The van der Waals surface area contributed by atoms with Gasteiger partial charge >= 0.3 is 30.0 Å². The SMILES string of the molecule is CC(=O)OC[C@H]1O[C@@H](OC(=N)/C(Cc2ccc(/C=C/CCN3CCCC4(CCN(C(=O)CNC(=O)OC(C)(C)C)CC4)C3)cc2C)=C(\N)C(C)C)[C@H](OC(C)=O)[C@@H](OC(C)=O)[C@@H]1OC(C)=O. The van der Waals surface area contributed by atoms with Crippen LogP contribution in [0.15, 0.2) is 35.5 Å². The Labute approximate surface area is 388 Å². The second-order valence-electron chi connectivity index (χ2n) is 18.8. The fourth-order valence-corrected chi connectivity index (χ4v) is 8.53. The van der Waals surface area contributed by atoms with Crippen LogP contribution in [0, 0.1) is 23.7 Å². The first-order valence-corrected chi connectivity index (χ1v) is 22.7. The number of nitrogens with two attached hydrogens (primary N) is 1. The molecule has 3 saturated heterocycles. The fourth-order valence-electron chi connectivity index (χ4n) is 8.53.